The molecule has 7 nitrogen and oxygen atoms in total. The van der Waals surface area contributed by atoms with Crippen LogP contribution in [0.4, 0.5) is 5.69 Å². The number of nitrogens with zero attached hydrogens (tertiary/aromatic N) is 1. The number of hydrogen-bond acceptors (Lipinski definition) is 5. The topological polar surface area (TPSA) is 77.1 Å². The zero-order valence-electron chi connectivity index (χ0n) is 20.9. The number of hydrogen-bond donors (Lipinski definition) is 1. The molecule has 3 aromatic rings. The van der Waals surface area contributed by atoms with Gasteiger partial charge in [0.15, 0.2) is 11.5 Å². The predicted molar refractivity (Wildman–Crippen MR) is 139 cm³/mol. The molecule has 1 saturated heterocycles. The summed E-state index contributed by atoms with van der Waals surface area (Å²) in [7, 11) is 1.54. The Morgan fingerprint density at radius 1 is 0.861 bits per heavy atom. The molecule has 0 bridgehead atoms. The van der Waals surface area contributed by atoms with Crippen molar-refractivity contribution < 1.29 is 23.8 Å². The normalized spacial score (nSPS) is 14.7. The Morgan fingerprint density at radius 2 is 1.56 bits per heavy atom. The highest BCUT2D eigenvalue weighted by Crippen LogP contribution is 2.30. The zero-order valence-corrected chi connectivity index (χ0v) is 20.9. The maximum atomic E-state index is 12.8. The number of amides is 2. The molecule has 2 amide bonds. The van der Waals surface area contributed by atoms with Crippen LogP contribution in [0, 0.1) is 0 Å². The average Bonchev–Trinajstić information content (AvgIpc) is 3.15. The summed E-state index contributed by atoms with van der Waals surface area (Å²) < 4.78 is 17.1. The highest BCUT2D eigenvalue weighted by molar-refractivity contribution is 6.31. The van der Waals surface area contributed by atoms with Gasteiger partial charge in [-0.15, -0.1) is 0 Å². The lowest BCUT2D eigenvalue weighted by atomic mass is 9.87. The van der Waals surface area contributed by atoms with Crippen molar-refractivity contribution >= 4 is 23.6 Å². The number of hydrazine groups is 1. The molecule has 1 aliphatic heterocycles. The van der Waals surface area contributed by atoms with Gasteiger partial charge in [0.25, 0.3) is 11.8 Å². The molecule has 7 heteroatoms. The maximum Gasteiger partial charge on any atom is 0.282 e. The molecule has 0 radical (unpaired) electrons. The Hall–Kier alpha value is -4.26. The minimum Gasteiger partial charge on any atom is -0.493 e. The summed E-state index contributed by atoms with van der Waals surface area (Å²) in [5.41, 5.74) is 5.21. The van der Waals surface area contributed by atoms with E-state index in [-0.39, 0.29) is 11.0 Å². The van der Waals surface area contributed by atoms with Gasteiger partial charge in [-0.25, -0.2) is 5.01 Å². The molecule has 1 fully saturated rings. The van der Waals surface area contributed by atoms with Crippen molar-refractivity contribution in [2.75, 3.05) is 25.3 Å². The molecule has 0 spiro atoms. The van der Waals surface area contributed by atoms with Gasteiger partial charge in [0.1, 0.15) is 24.5 Å². The fourth-order valence-electron chi connectivity index (χ4n) is 3.74. The first-order valence-electron chi connectivity index (χ1n) is 11.7. The lowest BCUT2D eigenvalue weighted by Crippen LogP contribution is -2.35. The third-order valence-electron chi connectivity index (χ3n) is 5.73. The van der Waals surface area contributed by atoms with Crippen molar-refractivity contribution in [1.82, 2.24) is 5.43 Å². The molecule has 0 aliphatic carbocycles. The van der Waals surface area contributed by atoms with E-state index in [4.69, 9.17) is 14.2 Å². The van der Waals surface area contributed by atoms with Crippen LogP contribution in [-0.2, 0) is 15.0 Å². The fourth-order valence-corrected chi connectivity index (χ4v) is 3.74. The van der Waals surface area contributed by atoms with E-state index in [0.717, 1.165) is 5.75 Å². The lowest BCUT2D eigenvalue weighted by molar-refractivity contribution is -0.117. The Morgan fingerprint density at radius 3 is 2.22 bits per heavy atom. The van der Waals surface area contributed by atoms with Crippen molar-refractivity contribution in [3.63, 3.8) is 0 Å². The van der Waals surface area contributed by atoms with Crippen LogP contribution >= 0.6 is 0 Å². The summed E-state index contributed by atoms with van der Waals surface area (Å²) in [4.78, 5) is 25.2. The zero-order chi connectivity index (χ0) is 25.7. The molecular formula is C29H30N2O5. The van der Waals surface area contributed by atoms with E-state index >= 15 is 0 Å². The summed E-state index contributed by atoms with van der Waals surface area (Å²) in [5, 5.41) is 1.24. The number of anilines is 1. The van der Waals surface area contributed by atoms with Crippen molar-refractivity contribution in [1.29, 1.82) is 0 Å². The molecule has 1 N–H and O–H groups in total. The van der Waals surface area contributed by atoms with Gasteiger partial charge >= 0.3 is 0 Å². The van der Waals surface area contributed by atoms with Crippen molar-refractivity contribution in [2.24, 2.45) is 0 Å². The van der Waals surface area contributed by atoms with E-state index < -0.39 is 11.8 Å². The molecule has 1 aliphatic rings. The van der Waals surface area contributed by atoms with Crippen LogP contribution in [0.5, 0.6) is 17.2 Å². The number of rotatable bonds is 8. The number of benzene rings is 3. The van der Waals surface area contributed by atoms with Crippen LogP contribution < -0.4 is 24.6 Å². The summed E-state index contributed by atoms with van der Waals surface area (Å²) in [5.74, 6) is 0.933. The van der Waals surface area contributed by atoms with E-state index in [1.807, 2.05) is 18.2 Å². The number of methoxy groups -OCH3 is 1. The molecule has 3 aromatic carbocycles. The molecule has 0 aromatic heterocycles. The molecule has 36 heavy (non-hydrogen) atoms. The largest absolute Gasteiger partial charge is 0.493 e. The summed E-state index contributed by atoms with van der Waals surface area (Å²) in [6.07, 6.45) is 1.54. The third-order valence-corrected chi connectivity index (χ3v) is 5.73. The average molecular weight is 487 g/mol. The number of para-hydroxylation sites is 1. The van der Waals surface area contributed by atoms with E-state index in [9.17, 15) is 9.59 Å². The molecular weight excluding hydrogens is 456 g/mol. The molecule has 0 unspecified atom stereocenters. The highest BCUT2D eigenvalue weighted by atomic mass is 16.5. The first kappa shape index (κ1) is 24.9. The van der Waals surface area contributed by atoms with Gasteiger partial charge in [-0.05, 0) is 59.0 Å². The second-order valence-electron chi connectivity index (χ2n) is 9.36. The van der Waals surface area contributed by atoms with E-state index in [0.29, 0.717) is 36.0 Å². The van der Waals surface area contributed by atoms with Crippen molar-refractivity contribution in [3.8, 4) is 17.2 Å². The Kier molecular flexibility index (Phi) is 7.29. The van der Waals surface area contributed by atoms with Crippen molar-refractivity contribution in [2.45, 2.75) is 26.2 Å². The molecule has 0 saturated carbocycles. The molecule has 186 valence electrons. The number of ether oxygens (including phenoxy) is 3. The first-order valence-corrected chi connectivity index (χ1v) is 11.7. The van der Waals surface area contributed by atoms with Crippen LogP contribution in [0.1, 0.15) is 31.9 Å². The fraction of sp³-hybridized carbons (Fsp3) is 0.241. The van der Waals surface area contributed by atoms with Crippen LogP contribution in [0.2, 0.25) is 0 Å². The van der Waals surface area contributed by atoms with Gasteiger partial charge in [0.05, 0.1) is 12.8 Å². The minimum atomic E-state index is -0.462. The molecule has 1 heterocycles. The van der Waals surface area contributed by atoms with E-state index in [1.54, 1.807) is 42.5 Å². The number of carbonyl (C=O) groups is 2. The lowest BCUT2D eigenvalue weighted by Gasteiger charge is -2.19. The van der Waals surface area contributed by atoms with Gasteiger partial charge in [-0.1, -0.05) is 57.2 Å². The van der Waals surface area contributed by atoms with Crippen LogP contribution in [0.3, 0.4) is 0 Å². The molecule has 4 rings (SSSR count). The van der Waals surface area contributed by atoms with Crippen LogP contribution in [-0.4, -0.2) is 32.1 Å². The van der Waals surface area contributed by atoms with Crippen molar-refractivity contribution in [3.05, 3.63) is 89.5 Å². The standard InChI is InChI=1S/C29H30N2O5/c1-29(2,3)21-11-13-23(14-12-21)35-16-17-36-25-15-10-20(19-26(25)34-4)18-24-27(32)30-31(28(24)33)22-8-6-5-7-9-22/h5-15,18-19H,16-17H2,1-4H3,(H,30,32). The van der Waals surface area contributed by atoms with E-state index in [2.05, 4.69) is 38.3 Å². The maximum absolute atomic E-state index is 12.8. The SMILES string of the molecule is COc1cc(C=C2C(=O)NN(c3ccccc3)C2=O)ccc1OCCOc1ccc(C(C)(C)C)cc1. The quantitative estimate of drug-likeness (QED) is 0.278. The Labute approximate surface area is 211 Å². The van der Waals surface area contributed by atoms with Crippen LogP contribution in [0.25, 0.3) is 6.08 Å². The van der Waals surface area contributed by atoms with Crippen LogP contribution in [0.15, 0.2) is 78.4 Å². The third kappa shape index (κ3) is 5.68. The predicted octanol–water partition coefficient (Wildman–Crippen LogP) is 4.91. The second-order valence-corrected chi connectivity index (χ2v) is 9.36. The minimum absolute atomic E-state index is 0.0421. The van der Waals surface area contributed by atoms with E-state index in [1.165, 1.54) is 23.8 Å². The van der Waals surface area contributed by atoms with Gasteiger partial charge in [0, 0.05) is 0 Å². The smallest absolute Gasteiger partial charge is 0.282 e. The Bertz CT molecular complexity index is 1260. The Balaban J connectivity index is 1.38. The summed E-state index contributed by atoms with van der Waals surface area (Å²) >= 11 is 0. The van der Waals surface area contributed by atoms with Gasteiger partial charge in [-0.3, -0.25) is 15.0 Å². The number of nitrogens with one attached hydrogen (secondary N) is 1. The number of carbonyl (C=O) groups excluding carboxylic acids is 2. The second kappa shape index (κ2) is 10.6. The first-order chi connectivity index (χ1) is 17.3. The summed E-state index contributed by atoms with van der Waals surface area (Å²) in [6, 6.07) is 22.2. The van der Waals surface area contributed by atoms with Gasteiger partial charge in [-0.2, -0.15) is 0 Å². The summed E-state index contributed by atoms with van der Waals surface area (Å²) in [6.45, 7) is 7.21. The molecule has 0 atom stereocenters. The van der Waals surface area contributed by atoms with Gasteiger partial charge < -0.3 is 14.2 Å². The monoisotopic (exact) mass is 486 g/mol. The van der Waals surface area contributed by atoms with Gasteiger partial charge in [0.2, 0.25) is 0 Å². The highest BCUT2D eigenvalue weighted by Gasteiger charge is 2.34.